The zero-order valence-corrected chi connectivity index (χ0v) is 15.6. The molecule has 0 unspecified atom stereocenters. The first-order valence-electron chi connectivity index (χ1n) is 8.46. The van der Waals surface area contributed by atoms with Crippen LogP contribution in [0.2, 0.25) is 5.02 Å². The van der Waals surface area contributed by atoms with Gasteiger partial charge in [0.1, 0.15) is 11.4 Å². The molecule has 0 aliphatic rings. The van der Waals surface area contributed by atoms with Crippen molar-refractivity contribution in [3.05, 3.63) is 64.6 Å². The van der Waals surface area contributed by atoms with Gasteiger partial charge in [-0.15, -0.1) is 10.2 Å². The van der Waals surface area contributed by atoms with Gasteiger partial charge in [0.15, 0.2) is 5.65 Å². The quantitative estimate of drug-likeness (QED) is 0.635. The summed E-state index contributed by atoms with van der Waals surface area (Å²) in [6.45, 7) is -0.146. The molecular weight excluding hydrogens is 411 g/mol. The molecule has 152 valence electrons. The van der Waals surface area contributed by atoms with Crippen molar-refractivity contribution in [3.8, 4) is 0 Å². The van der Waals surface area contributed by atoms with Crippen LogP contribution in [0.4, 0.5) is 13.2 Å². The summed E-state index contributed by atoms with van der Waals surface area (Å²) >= 11 is 5.78. The van der Waals surface area contributed by atoms with Gasteiger partial charge in [0.25, 0.3) is 5.91 Å². The van der Waals surface area contributed by atoms with E-state index in [2.05, 4.69) is 20.8 Å². The van der Waals surface area contributed by atoms with Crippen LogP contribution in [0.1, 0.15) is 21.7 Å². The molecule has 2 heterocycles. The van der Waals surface area contributed by atoms with Gasteiger partial charge in [-0.05, 0) is 18.2 Å². The molecule has 0 saturated carbocycles. The van der Waals surface area contributed by atoms with E-state index in [1.54, 1.807) is 30.3 Å². The zero-order valence-electron chi connectivity index (χ0n) is 14.8. The molecular formula is C18H15ClF3N5O2. The summed E-state index contributed by atoms with van der Waals surface area (Å²) < 4.78 is 40.5. The number of alkyl halides is 3. The topological polar surface area (TPSA) is 88.4 Å². The Hall–Kier alpha value is -3.14. The van der Waals surface area contributed by atoms with Crippen LogP contribution in [-0.4, -0.2) is 39.5 Å². The standard InChI is InChI=1S/C18H15ClF3N5O2/c19-12-8-13(18(20,21)22)16-26-25-14(27(16)10-12)6-7-23-15(28)9-24-17(29)11-4-2-1-3-5-11/h1-5,8,10H,6-7,9H2,(H,23,28)(H,24,29). The lowest BCUT2D eigenvalue weighted by molar-refractivity contribution is -0.136. The minimum Gasteiger partial charge on any atom is -0.354 e. The molecule has 0 spiro atoms. The number of halogens is 4. The summed E-state index contributed by atoms with van der Waals surface area (Å²) in [6.07, 6.45) is -3.22. The van der Waals surface area contributed by atoms with Crippen LogP contribution in [0.25, 0.3) is 5.65 Å². The van der Waals surface area contributed by atoms with Gasteiger partial charge in [0.05, 0.1) is 11.6 Å². The van der Waals surface area contributed by atoms with Gasteiger partial charge >= 0.3 is 6.18 Å². The van der Waals surface area contributed by atoms with E-state index in [-0.39, 0.29) is 36.0 Å². The Morgan fingerprint density at radius 3 is 2.52 bits per heavy atom. The normalized spacial score (nSPS) is 11.4. The maximum absolute atomic E-state index is 13.1. The zero-order chi connectivity index (χ0) is 21.0. The number of amides is 2. The van der Waals surface area contributed by atoms with Gasteiger partial charge in [-0.2, -0.15) is 13.2 Å². The lowest BCUT2D eigenvalue weighted by Gasteiger charge is -2.09. The number of rotatable bonds is 6. The molecule has 3 rings (SSSR count). The minimum absolute atomic E-state index is 0.0920. The molecule has 1 aromatic carbocycles. The van der Waals surface area contributed by atoms with E-state index in [0.717, 1.165) is 10.5 Å². The maximum atomic E-state index is 13.1. The molecule has 2 amide bonds. The number of aromatic nitrogens is 3. The SMILES string of the molecule is O=C(CNC(=O)c1ccccc1)NCCc1nnc2c(C(F)(F)F)cc(Cl)cn12. The first-order chi connectivity index (χ1) is 13.8. The van der Waals surface area contributed by atoms with Crippen LogP contribution < -0.4 is 10.6 Å². The Morgan fingerprint density at radius 2 is 1.83 bits per heavy atom. The van der Waals surface area contributed by atoms with Gasteiger partial charge in [-0.25, -0.2) is 0 Å². The Kier molecular flexibility index (Phi) is 6.02. The van der Waals surface area contributed by atoms with Gasteiger partial charge < -0.3 is 10.6 Å². The summed E-state index contributed by atoms with van der Waals surface area (Å²) in [5.74, 6) is -0.628. The smallest absolute Gasteiger partial charge is 0.354 e. The molecule has 0 radical (unpaired) electrons. The minimum atomic E-state index is -4.62. The number of pyridine rings is 1. The summed E-state index contributed by atoms with van der Waals surface area (Å²) in [6, 6.07) is 9.19. The van der Waals surface area contributed by atoms with Crippen LogP contribution >= 0.6 is 11.6 Å². The van der Waals surface area contributed by atoms with Crippen LogP contribution in [0.5, 0.6) is 0 Å². The number of fused-ring (bicyclic) bond motifs is 1. The van der Waals surface area contributed by atoms with E-state index < -0.39 is 23.6 Å². The van der Waals surface area contributed by atoms with Crippen molar-refractivity contribution in [2.45, 2.75) is 12.6 Å². The van der Waals surface area contributed by atoms with Crippen molar-refractivity contribution >= 4 is 29.1 Å². The first-order valence-corrected chi connectivity index (χ1v) is 8.84. The Labute approximate surface area is 167 Å². The molecule has 2 aromatic heterocycles. The maximum Gasteiger partial charge on any atom is 0.420 e. The van der Waals surface area contributed by atoms with E-state index in [0.29, 0.717) is 5.56 Å². The third-order valence-electron chi connectivity index (χ3n) is 3.96. The molecule has 2 N–H and O–H groups in total. The van der Waals surface area contributed by atoms with Crippen molar-refractivity contribution in [1.29, 1.82) is 0 Å². The van der Waals surface area contributed by atoms with E-state index in [9.17, 15) is 22.8 Å². The highest BCUT2D eigenvalue weighted by atomic mass is 35.5. The second-order valence-electron chi connectivity index (χ2n) is 6.03. The highest BCUT2D eigenvalue weighted by Crippen LogP contribution is 2.33. The van der Waals surface area contributed by atoms with Gasteiger partial charge in [-0.3, -0.25) is 14.0 Å². The molecule has 0 bridgehead atoms. The van der Waals surface area contributed by atoms with Crippen LogP contribution in [0.15, 0.2) is 42.6 Å². The highest BCUT2D eigenvalue weighted by Gasteiger charge is 2.35. The summed E-state index contributed by atoms with van der Waals surface area (Å²) in [7, 11) is 0. The summed E-state index contributed by atoms with van der Waals surface area (Å²) in [5.41, 5.74) is -0.928. The van der Waals surface area contributed by atoms with Gasteiger partial charge in [-0.1, -0.05) is 29.8 Å². The van der Waals surface area contributed by atoms with Crippen LogP contribution in [-0.2, 0) is 17.4 Å². The number of benzene rings is 1. The van der Waals surface area contributed by atoms with Crippen molar-refractivity contribution in [3.63, 3.8) is 0 Å². The Bertz CT molecular complexity index is 1040. The highest BCUT2D eigenvalue weighted by molar-refractivity contribution is 6.30. The lowest BCUT2D eigenvalue weighted by atomic mass is 10.2. The molecule has 3 aromatic rings. The van der Waals surface area contributed by atoms with Crippen LogP contribution in [0.3, 0.4) is 0 Å². The number of hydrogen-bond acceptors (Lipinski definition) is 4. The third kappa shape index (κ3) is 5.02. The lowest BCUT2D eigenvalue weighted by Crippen LogP contribution is -2.37. The predicted molar refractivity (Wildman–Crippen MR) is 98.5 cm³/mol. The molecule has 0 aliphatic carbocycles. The van der Waals surface area contributed by atoms with Crippen molar-refractivity contribution < 1.29 is 22.8 Å². The fraction of sp³-hybridized carbons (Fsp3) is 0.222. The van der Waals surface area contributed by atoms with Crippen molar-refractivity contribution in [1.82, 2.24) is 25.2 Å². The molecule has 29 heavy (non-hydrogen) atoms. The second-order valence-corrected chi connectivity index (χ2v) is 6.46. The molecule has 0 aliphatic heterocycles. The number of nitrogens with one attached hydrogen (secondary N) is 2. The van der Waals surface area contributed by atoms with Crippen molar-refractivity contribution in [2.24, 2.45) is 0 Å². The molecule has 0 saturated heterocycles. The number of carbonyl (C=O) groups excluding carboxylic acids is 2. The molecule has 0 fully saturated rings. The van der Waals surface area contributed by atoms with Crippen LogP contribution in [0, 0.1) is 0 Å². The molecule has 0 atom stereocenters. The first kappa shape index (κ1) is 20.6. The average Bonchev–Trinajstić information content (AvgIpc) is 3.08. The van der Waals surface area contributed by atoms with Gasteiger partial charge in [0.2, 0.25) is 5.91 Å². The number of hydrogen-bond donors (Lipinski definition) is 2. The van der Waals surface area contributed by atoms with E-state index in [4.69, 9.17) is 11.6 Å². The fourth-order valence-electron chi connectivity index (χ4n) is 2.61. The van der Waals surface area contributed by atoms with E-state index in [1.807, 2.05) is 0 Å². The predicted octanol–water partition coefficient (Wildman–Crippen LogP) is 2.49. The number of nitrogens with zero attached hydrogens (tertiary/aromatic N) is 3. The molecule has 11 heteroatoms. The second kappa shape index (κ2) is 8.48. The van der Waals surface area contributed by atoms with Gasteiger partial charge in [0, 0.05) is 24.7 Å². The summed E-state index contributed by atoms with van der Waals surface area (Å²) in [4.78, 5) is 23.8. The Morgan fingerprint density at radius 1 is 1.10 bits per heavy atom. The van der Waals surface area contributed by atoms with E-state index in [1.165, 1.54) is 6.20 Å². The largest absolute Gasteiger partial charge is 0.420 e. The van der Waals surface area contributed by atoms with E-state index >= 15 is 0 Å². The average molecular weight is 426 g/mol. The monoisotopic (exact) mass is 425 g/mol. The fourth-order valence-corrected chi connectivity index (χ4v) is 2.82. The van der Waals surface area contributed by atoms with Crippen molar-refractivity contribution in [2.75, 3.05) is 13.1 Å². The Balaban J connectivity index is 1.57. The molecule has 7 nitrogen and oxygen atoms in total. The summed E-state index contributed by atoms with van der Waals surface area (Å²) in [5, 5.41) is 12.3. The number of carbonyl (C=O) groups is 2. The third-order valence-corrected chi connectivity index (χ3v) is 4.17.